The Morgan fingerprint density at radius 3 is 1.36 bits per heavy atom. The van der Waals surface area contributed by atoms with E-state index in [1.54, 1.807) is 0 Å². The highest BCUT2D eigenvalue weighted by Crippen LogP contribution is 2.15. The maximum Gasteiger partial charge on any atom is 0.313 e. The Labute approximate surface area is 244 Å². The Balaban J connectivity index is 3.80. The molecule has 0 aliphatic heterocycles. The van der Waals surface area contributed by atoms with Gasteiger partial charge in [-0.25, -0.2) is 0 Å². The molecule has 0 bridgehead atoms. The summed E-state index contributed by atoms with van der Waals surface area (Å²) in [5, 5.41) is 3.08. The third-order valence-electron chi connectivity index (χ3n) is 7.66. The van der Waals surface area contributed by atoms with Gasteiger partial charge in [0.25, 0.3) is 5.95 Å². The molecule has 0 saturated heterocycles. The zero-order valence-electron chi connectivity index (χ0n) is 26.8. The molecule has 0 aromatic heterocycles. The first-order valence-corrected chi connectivity index (χ1v) is 17.4. The molecule has 0 unspecified atom stereocenters. The normalized spacial score (nSPS) is 11.7. The van der Waals surface area contributed by atoms with Crippen molar-refractivity contribution in [1.29, 1.82) is 0 Å². The second-order valence-electron chi connectivity index (χ2n) is 11.6. The van der Waals surface area contributed by atoms with Crippen LogP contribution in [0.25, 0.3) is 0 Å². The van der Waals surface area contributed by atoms with Crippen molar-refractivity contribution in [3.63, 3.8) is 0 Å². The summed E-state index contributed by atoms with van der Waals surface area (Å²) in [5.74, 6) is 0.261. The summed E-state index contributed by atoms with van der Waals surface area (Å²) in [4.78, 5) is 12.4. The molecule has 0 rings (SSSR count). The molecule has 4 heteroatoms. The lowest BCUT2D eigenvalue weighted by atomic mass is 10.0. The zero-order valence-corrected chi connectivity index (χ0v) is 26.8. The average molecular weight is 552 g/mol. The first-order valence-electron chi connectivity index (χ1n) is 17.4. The van der Waals surface area contributed by atoms with Crippen LogP contribution in [-0.4, -0.2) is 26.2 Å². The minimum Gasteiger partial charge on any atom is -0.464 e. The van der Waals surface area contributed by atoms with E-state index >= 15 is 0 Å². The van der Waals surface area contributed by atoms with E-state index in [9.17, 15) is 4.79 Å². The minimum atomic E-state index is -0.150. The summed E-state index contributed by atoms with van der Waals surface area (Å²) in [6, 6.07) is 0. The average Bonchev–Trinajstić information content (AvgIpc) is 2.93. The SMILES string of the molecule is CCCCCCCCCCCCCCC=C(OCCNC)OC(=O)CCCCCCCCCCCCCCC. The molecule has 0 radical (unpaired) electrons. The molecule has 0 heterocycles. The van der Waals surface area contributed by atoms with Crippen molar-refractivity contribution in [2.45, 2.75) is 187 Å². The summed E-state index contributed by atoms with van der Waals surface area (Å²) in [6.07, 6.45) is 36.6. The van der Waals surface area contributed by atoms with Gasteiger partial charge in [0, 0.05) is 13.0 Å². The van der Waals surface area contributed by atoms with E-state index in [2.05, 4.69) is 19.2 Å². The molecule has 1 N–H and O–H groups in total. The maximum atomic E-state index is 12.4. The Bertz CT molecular complexity index is 520. The quantitative estimate of drug-likeness (QED) is 0.0513. The molecule has 0 saturated carbocycles. The fourth-order valence-electron chi connectivity index (χ4n) is 5.04. The summed E-state index contributed by atoms with van der Waals surface area (Å²) >= 11 is 0. The number of ether oxygens (including phenoxy) is 2. The number of carbonyl (C=O) groups is 1. The topological polar surface area (TPSA) is 47.6 Å². The van der Waals surface area contributed by atoms with Crippen molar-refractivity contribution in [3.05, 3.63) is 12.0 Å². The van der Waals surface area contributed by atoms with Crippen LogP contribution in [0.3, 0.4) is 0 Å². The van der Waals surface area contributed by atoms with Gasteiger partial charge >= 0.3 is 5.97 Å². The number of rotatable bonds is 32. The Morgan fingerprint density at radius 2 is 0.949 bits per heavy atom. The molecule has 4 nitrogen and oxygen atoms in total. The molecule has 232 valence electrons. The van der Waals surface area contributed by atoms with Crippen molar-refractivity contribution in [2.75, 3.05) is 20.2 Å². The molecule has 0 fully saturated rings. The van der Waals surface area contributed by atoms with E-state index in [0.717, 1.165) is 32.2 Å². The first-order chi connectivity index (χ1) is 19.2. The summed E-state index contributed by atoms with van der Waals surface area (Å²) < 4.78 is 11.3. The second kappa shape index (κ2) is 33.2. The van der Waals surface area contributed by atoms with Crippen LogP contribution in [0.1, 0.15) is 187 Å². The molecular weight excluding hydrogens is 482 g/mol. The van der Waals surface area contributed by atoms with Crippen LogP contribution >= 0.6 is 0 Å². The first kappa shape index (κ1) is 38.0. The second-order valence-corrected chi connectivity index (χ2v) is 11.6. The van der Waals surface area contributed by atoms with Gasteiger partial charge in [0.05, 0.1) is 0 Å². The van der Waals surface area contributed by atoms with E-state index in [0.29, 0.717) is 19.0 Å². The van der Waals surface area contributed by atoms with Crippen LogP contribution < -0.4 is 5.32 Å². The number of nitrogens with one attached hydrogen (secondary N) is 1. The van der Waals surface area contributed by atoms with Gasteiger partial charge in [0.15, 0.2) is 0 Å². The van der Waals surface area contributed by atoms with Crippen LogP contribution in [0.15, 0.2) is 12.0 Å². The van der Waals surface area contributed by atoms with Crippen LogP contribution in [0, 0.1) is 0 Å². The van der Waals surface area contributed by atoms with Crippen LogP contribution in [0.2, 0.25) is 0 Å². The molecule has 0 amide bonds. The molecule has 0 spiro atoms. The zero-order chi connectivity index (χ0) is 28.5. The highest BCUT2D eigenvalue weighted by molar-refractivity contribution is 5.70. The predicted octanol–water partition coefficient (Wildman–Crippen LogP) is 11.2. The predicted molar refractivity (Wildman–Crippen MR) is 170 cm³/mol. The van der Waals surface area contributed by atoms with Gasteiger partial charge in [-0.15, -0.1) is 0 Å². The number of unbranched alkanes of at least 4 members (excludes halogenated alkanes) is 24. The number of allylic oxidation sites excluding steroid dienone is 1. The van der Waals surface area contributed by atoms with Crippen molar-refractivity contribution < 1.29 is 14.3 Å². The Hall–Kier alpha value is -1.03. The van der Waals surface area contributed by atoms with Gasteiger partial charge in [-0.05, 0) is 32.4 Å². The Morgan fingerprint density at radius 1 is 0.564 bits per heavy atom. The number of likely N-dealkylation sites (N-methyl/N-ethyl adjacent to an activating group) is 1. The molecule has 0 aliphatic carbocycles. The van der Waals surface area contributed by atoms with Crippen molar-refractivity contribution in [3.8, 4) is 0 Å². The van der Waals surface area contributed by atoms with Gasteiger partial charge < -0.3 is 14.8 Å². The molecule has 0 aromatic rings. The summed E-state index contributed by atoms with van der Waals surface area (Å²) in [5.41, 5.74) is 0. The number of hydrogen-bond donors (Lipinski definition) is 1. The van der Waals surface area contributed by atoms with Gasteiger partial charge in [-0.1, -0.05) is 162 Å². The lowest BCUT2D eigenvalue weighted by Gasteiger charge is -2.11. The number of carbonyl (C=O) groups excluding carboxylic acids is 1. The van der Waals surface area contributed by atoms with E-state index < -0.39 is 0 Å². The van der Waals surface area contributed by atoms with Crippen molar-refractivity contribution in [2.24, 2.45) is 0 Å². The fourth-order valence-corrected chi connectivity index (χ4v) is 5.04. The van der Waals surface area contributed by atoms with Crippen LogP contribution in [0.4, 0.5) is 0 Å². The van der Waals surface area contributed by atoms with E-state index in [1.165, 1.54) is 141 Å². The molecule has 0 aromatic carbocycles. The minimum absolute atomic E-state index is 0.150. The molecule has 39 heavy (non-hydrogen) atoms. The van der Waals surface area contributed by atoms with Crippen LogP contribution in [-0.2, 0) is 14.3 Å². The van der Waals surface area contributed by atoms with Gasteiger partial charge in [0.1, 0.15) is 6.61 Å². The van der Waals surface area contributed by atoms with E-state index in [-0.39, 0.29) is 5.97 Å². The lowest BCUT2D eigenvalue weighted by molar-refractivity contribution is -0.145. The monoisotopic (exact) mass is 552 g/mol. The largest absolute Gasteiger partial charge is 0.464 e. The smallest absolute Gasteiger partial charge is 0.313 e. The van der Waals surface area contributed by atoms with E-state index in [4.69, 9.17) is 9.47 Å². The van der Waals surface area contributed by atoms with E-state index in [1.807, 2.05) is 13.1 Å². The maximum absolute atomic E-state index is 12.4. The highest BCUT2D eigenvalue weighted by Gasteiger charge is 2.08. The third-order valence-corrected chi connectivity index (χ3v) is 7.66. The van der Waals surface area contributed by atoms with Gasteiger partial charge in [-0.2, -0.15) is 0 Å². The number of esters is 1. The fraction of sp³-hybridized carbons (Fsp3) is 0.914. The van der Waals surface area contributed by atoms with Gasteiger partial charge in [-0.3, -0.25) is 4.79 Å². The van der Waals surface area contributed by atoms with Crippen LogP contribution in [0.5, 0.6) is 0 Å². The van der Waals surface area contributed by atoms with Gasteiger partial charge in [0.2, 0.25) is 0 Å². The highest BCUT2D eigenvalue weighted by atomic mass is 16.7. The standard InChI is InChI=1S/C35H69NO3/c1-4-6-8-10-12-14-16-18-20-22-24-26-28-30-34(37)39-35(38-33-32-36-3)31-29-27-25-23-21-19-17-15-13-11-9-7-5-2/h31,36H,4-30,32-33H2,1-3H3. The lowest BCUT2D eigenvalue weighted by Crippen LogP contribution is -2.16. The molecular formula is C35H69NO3. The summed E-state index contributed by atoms with van der Waals surface area (Å²) in [6.45, 7) is 5.82. The summed E-state index contributed by atoms with van der Waals surface area (Å²) in [7, 11) is 1.90. The number of hydrogen-bond acceptors (Lipinski definition) is 4. The molecule has 0 atom stereocenters. The molecule has 0 aliphatic rings. The Kier molecular flexibility index (Phi) is 32.3. The van der Waals surface area contributed by atoms with Crippen molar-refractivity contribution in [1.82, 2.24) is 5.32 Å². The van der Waals surface area contributed by atoms with Crippen molar-refractivity contribution >= 4 is 5.97 Å². The third kappa shape index (κ3) is 31.4.